The highest BCUT2D eigenvalue weighted by atomic mass is 16.7. The topological polar surface area (TPSA) is 111 Å². The van der Waals surface area contributed by atoms with Crippen molar-refractivity contribution in [2.45, 2.75) is 32.4 Å². The molecule has 0 aromatic heterocycles. The fraction of sp³-hybridized carbons (Fsp3) is 0.286. The Kier molecular flexibility index (Phi) is 6.97. The lowest BCUT2D eigenvalue weighted by Gasteiger charge is -2.29. The fourth-order valence-corrected chi connectivity index (χ4v) is 4.84. The average Bonchev–Trinajstić information content (AvgIpc) is 3.44. The molecule has 2 aliphatic rings. The van der Waals surface area contributed by atoms with Crippen molar-refractivity contribution in [2.75, 3.05) is 23.2 Å². The first-order valence-electron chi connectivity index (χ1n) is 12.5. The number of hydroxylamine groups is 1. The molecule has 196 valence electrons. The van der Waals surface area contributed by atoms with Gasteiger partial charge in [0.25, 0.3) is 11.6 Å². The Hall–Kier alpha value is -4.44. The van der Waals surface area contributed by atoms with Crippen molar-refractivity contribution < 1.29 is 28.8 Å². The molecule has 0 spiro atoms. The molecule has 2 heterocycles. The van der Waals surface area contributed by atoms with Gasteiger partial charge in [0.2, 0.25) is 5.91 Å². The van der Waals surface area contributed by atoms with Gasteiger partial charge in [0.1, 0.15) is 5.92 Å². The third-order valence-corrected chi connectivity index (χ3v) is 6.52. The SMILES string of the molecule is CCCOc1ccc([C@@H]2[C@@H]3C(=O)N(c4ccc([N+](=O)[O-])cc4)C(=O)[C@@H]3ON2c2ccccc2)cc1OCC. The molecule has 2 fully saturated rings. The largest absolute Gasteiger partial charge is 0.490 e. The minimum Gasteiger partial charge on any atom is -0.490 e. The second-order valence-electron chi connectivity index (χ2n) is 8.93. The van der Waals surface area contributed by atoms with Crippen molar-refractivity contribution in [3.05, 3.63) is 88.5 Å². The van der Waals surface area contributed by atoms with Gasteiger partial charge in [0, 0.05) is 12.1 Å². The van der Waals surface area contributed by atoms with Crippen LogP contribution in [0.25, 0.3) is 0 Å². The molecule has 3 aromatic rings. The summed E-state index contributed by atoms with van der Waals surface area (Å²) in [6, 6.07) is 19.4. The number of anilines is 2. The lowest BCUT2D eigenvalue weighted by molar-refractivity contribution is -0.384. The minimum absolute atomic E-state index is 0.133. The highest BCUT2D eigenvalue weighted by Crippen LogP contribution is 2.48. The lowest BCUT2D eigenvalue weighted by atomic mass is 9.90. The van der Waals surface area contributed by atoms with Crippen LogP contribution in [0.1, 0.15) is 31.9 Å². The van der Waals surface area contributed by atoms with E-state index in [9.17, 15) is 19.7 Å². The van der Waals surface area contributed by atoms with Crippen molar-refractivity contribution >= 4 is 28.9 Å². The number of carbonyl (C=O) groups is 2. The summed E-state index contributed by atoms with van der Waals surface area (Å²) < 4.78 is 11.7. The number of carbonyl (C=O) groups excluding carboxylic acids is 2. The number of non-ortho nitro benzene ring substituents is 1. The van der Waals surface area contributed by atoms with E-state index in [4.69, 9.17) is 14.3 Å². The number of hydrogen-bond acceptors (Lipinski definition) is 8. The Labute approximate surface area is 219 Å². The third kappa shape index (κ3) is 4.43. The fourth-order valence-electron chi connectivity index (χ4n) is 4.84. The van der Waals surface area contributed by atoms with Crippen molar-refractivity contribution in [1.29, 1.82) is 0 Å². The number of ether oxygens (including phenoxy) is 2. The normalized spacial score (nSPS) is 20.5. The Bertz CT molecular complexity index is 1350. The number of nitro groups is 1. The molecule has 0 unspecified atom stereocenters. The average molecular weight is 518 g/mol. The van der Waals surface area contributed by atoms with Crippen molar-refractivity contribution in [1.82, 2.24) is 0 Å². The third-order valence-electron chi connectivity index (χ3n) is 6.52. The first-order chi connectivity index (χ1) is 18.4. The van der Waals surface area contributed by atoms with Gasteiger partial charge in [-0.2, -0.15) is 0 Å². The van der Waals surface area contributed by atoms with Gasteiger partial charge in [-0.05, 0) is 55.3 Å². The van der Waals surface area contributed by atoms with E-state index in [-0.39, 0.29) is 11.4 Å². The molecule has 10 nitrogen and oxygen atoms in total. The number of nitrogens with zero attached hydrogens (tertiary/aromatic N) is 3. The molecule has 2 amide bonds. The van der Waals surface area contributed by atoms with Crippen LogP contribution in [-0.2, 0) is 14.4 Å². The van der Waals surface area contributed by atoms with Crippen LogP contribution in [0, 0.1) is 16.0 Å². The maximum atomic E-state index is 13.8. The van der Waals surface area contributed by atoms with Crippen LogP contribution in [0.5, 0.6) is 11.5 Å². The van der Waals surface area contributed by atoms with Crippen LogP contribution in [0.2, 0.25) is 0 Å². The van der Waals surface area contributed by atoms with E-state index in [0.29, 0.717) is 30.4 Å². The number of benzene rings is 3. The van der Waals surface area contributed by atoms with Gasteiger partial charge >= 0.3 is 0 Å². The van der Waals surface area contributed by atoms with Gasteiger partial charge in [-0.3, -0.25) is 24.5 Å². The van der Waals surface area contributed by atoms with E-state index in [0.717, 1.165) is 16.9 Å². The van der Waals surface area contributed by atoms with Crippen LogP contribution in [0.4, 0.5) is 17.1 Å². The highest BCUT2D eigenvalue weighted by Gasteiger charge is 2.60. The van der Waals surface area contributed by atoms with Gasteiger partial charge in [0.05, 0.1) is 35.6 Å². The summed E-state index contributed by atoms with van der Waals surface area (Å²) in [4.78, 5) is 45.0. The van der Waals surface area contributed by atoms with Gasteiger partial charge in [-0.1, -0.05) is 31.2 Å². The molecule has 10 heteroatoms. The van der Waals surface area contributed by atoms with Crippen LogP contribution in [-0.4, -0.2) is 36.1 Å². The van der Waals surface area contributed by atoms with Gasteiger partial charge in [0.15, 0.2) is 17.6 Å². The van der Waals surface area contributed by atoms with E-state index in [1.165, 1.54) is 24.3 Å². The summed E-state index contributed by atoms with van der Waals surface area (Å²) in [7, 11) is 0. The minimum atomic E-state index is -1.06. The van der Waals surface area contributed by atoms with E-state index in [1.807, 2.05) is 62.4 Å². The quantitative estimate of drug-likeness (QED) is 0.225. The van der Waals surface area contributed by atoms with Gasteiger partial charge in [-0.25, -0.2) is 9.96 Å². The molecule has 0 saturated carbocycles. The van der Waals surface area contributed by atoms with E-state index < -0.39 is 34.8 Å². The number of hydrogen-bond donors (Lipinski definition) is 0. The maximum Gasteiger partial charge on any atom is 0.269 e. The number of nitro benzene ring substituents is 1. The van der Waals surface area contributed by atoms with E-state index in [1.54, 1.807) is 5.06 Å². The van der Waals surface area contributed by atoms with E-state index in [2.05, 4.69) is 0 Å². The Morgan fingerprint density at radius 2 is 1.63 bits per heavy atom. The monoisotopic (exact) mass is 517 g/mol. The Morgan fingerprint density at radius 3 is 2.29 bits per heavy atom. The van der Waals surface area contributed by atoms with Gasteiger partial charge in [-0.15, -0.1) is 0 Å². The number of fused-ring (bicyclic) bond motifs is 1. The van der Waals surface area contributed by atoms with E-state index >= 15 is 0 Å². The first-order valence-corrected chi connectivity index (χ1v) is 12.5. The smallest absolute Gasteiger partial charge is 0.269 e. The van der Waals surface area contributed by atoms with Crippen LogP contribution < -0.4 is 19.4 Å². The number of rotatable bonds is 9. The highest BCUT2D eigenvalue weighted by molar-refractivity contribution is 6.24. The number of amides is 2. The van der Waals surface area contributed by atoms with Crippen molar-refractivity contribution in [3.8, 4) is 11.5 Å². The molecule has 5 rings (SSSR count). The maximum absolute atomic E-state index is 13.8. The summed E-state index contributed by atoms with van der Waals surface area (Å²) in [5.41, 5.74) is 1.54. The molecule has 3 aromatic carbocycles. The first kappa shape index (κ1) is 25.2. The summed E-state index contributed by atoms with van der Waals surface area (Å²) in [5, 5.41) is 12.7. The molecular formula is C28H27N3O7. The van der Waals surface area contributed by atoms with Crippen LogP contribution in [0.3, 0.4) is 0 Å². The Balaban J connectivity index is 1.55. The Morgan fingerprint density at radius 1 is 0.895 bits per heavy atom. The molecule has 0 N–H and O–H groups in total. The lowest BCUT2D eigenvalue weighted by Crippen LogP contribution is -2.37. The van der Waals surface area contributed by atoms with Gasteiger partial charge < -0.3 is 9.47 Å². The molecule has 2 aliphatic heterocycles. The molecule has 0 bridgehead atoms. The molecule has 0 radical (unpaired) electrons. The zero-order valence-corrected chi connectivity index (χ0v) is 21.0. The van der Waals surface area contributed by atoms with Crippen LogP contribution >= 0.6 is 0 Å². The predicted molar refractivity (Wildman–Crippen MR) is 139 cm³/mol. The second kappa shape index (κ2) is 10.5. The summed E-state index contributed by atoms with van der Waals surface area (Å²) in [6.45, 7) is 4.85. The zero-order valence-electron chi connectivity index (χ0n) is 21.0. The zero-order chi connectivity index (χ0) is 26.8. The molecular weight excluding hydrogens is 490 g/mol. The number of para-hydroxylation sites is 1. The number of imide groups is 1. The molecule has 38 heavy (non-hydrogen) atoms. The van der Waals surface area contributed by atoms with Crippen molar-refractivity contribution in [2.24, 2.45) is 5.92 Å². The van der Waals surface area contributed by atoms with Crippen molar-refractivity contribution in [3.63, 3.8) is 0 Å². The summed E-state index contributed by atoms with van der Waals surface area (Å²) >= 11 is 0. The molecule has 2 saturated heterocycles. The summed E-state index contributed by atoms with van der Waals surface area (Å²) in [6.07, 6.45) is -0.223. The predicted octanol–water partition coefficient (Wildman–Crippen LogP) is 4.83. The van der Waals surface area contributed by atoms with Crippen LogP contribution in [0.15, 0.2) is 72.8 Å². The molecule has 3 atom stereocenters. The standard InChI is InChI=1S/C28H27N3O7/c1-3-16-37-22-15-10-18(17-23(22)36-4-2)25-24-26(38-30(25)20-8-6-5-7-9-20)28(33)29(27(24)32)19-11-13-21(14-12-19)31(34)35/h5-15,17,24-26H,3-4,16H2,1-2H3/t24-,25+,26+/m0/s1. The molecule has 0 aliphatic carbocycles. The second-order valence-corrected chi connectivity index (χ2v) is 8.93. The summed E-state index contributed by atoms with van der Waals surface area (Å²) in [5.74, 6) is -0.680.